The highest BCUT2D eigenvalue weighted by Crippen LogP contribution is 2.21. The fourth-order valence-electron chi connectivity index (χ4n) is 1.34. The molecule has 0 aliphatic heterocycles. The molecular formula is C13H10N2O3. The van der Waals surface area contributed by atoms with Gasteiger partial charge in [-0.1, -0.05) is 6.07 Å². The molecule has 5 nitrogen and oxygen atoms in total. The average Bonchev–Trinajstić information content (AvgIpc) is 2.38. The molecule has 0 radical (unpaired) electrons. The van der Waals surface area contributed by atoms with Gasteiger partial charge in [0.1, 0.15) is 5.75 Å². The van der Waals surface area contributed by atoms with E-state index in [4.69, 9.17) is 10.2 Å². The molecule has 0 saturated carbocycles. The van der Waals surface area contributed by atoms with Gasteiger partial charge in [-0.15, -0.1) is 0 Å². The first kappa shape index (κ1) is 11.8. The van der Waals surface area contributed by atoms with Gasteiger partial charge in [0, 0.05) is 0 Å². The van der Waals surface area contributed by atoms with Gasteiger partial charge in [0.25, 0.3) is 0 Å². The van der Waals surface area contributed by atoms with Crippen molar-refractivity contribution in [3.05, 3.63) is 54.1 Å². The number of phenolic OH excluding ortho intramolecular Hbond substituents is 1. The third-order valence-electron chi connectivity index (χ3n) is 2.22. The van der Waals surface area contributed by atoms with Crippen molar-refractivity contribution in [2.24, 2.45) is 10.2 Å². The van der Waals surface area contributed by atoms with Crippen LogP contribution in [0.1, 0.15) is 10.4 Å². The molecule has 0 heterocycles. The van der Waals surface area contributed by atoms with Crippen molar-refractivity contribution in [3.63, 3.8) is 0 Å². The monoisotopic (exact) mass is 242 g/mol. The second-order valence-electron chi connectivity index (χ2n) is 3.57. The van der Waals surface area contributed by atoms with Gasteiger partial charge in [-0.25, -0.2) is 4.79 Å². The minimum atomic E-state index is -1.00. The van der Waals surface area contributed by atoms with E-state index in [1.165, 1.54) is 24.3 Å². The summed E-state index contributed by atoms with van der Waals surface area (Å²) >= 11 is 0. The van der Waals surface area contributed by atoms with E-state index >= 15 is 0 Å². The lowest BCUT2D eigenvalue weighted by molar-refractivity contribution is 0.0697. The Bertz CT molecular complexity index is 591. The van der Waals surface area contributed by atoms with Crippen LogP contribution in [0, 0.1) is 0 Å². The van der Waals surface area contributed by atoms with Crippen LogP contribution >= 0.6 is 0 Å². The summed E-state index contributed by atoms with van der Waals surface area (Å²) in [6.07, 6.45) is 0. The maximum atomic E-state index is 10.8. The molecule has 0 fully saturated rings. The van der Waals surface area contributed by atoms with Crippen LogP contribution in [-0.2, 0) is 0 Å². The fraction of sp³-hybridized carbons (Fsp3) is 0. The van der Waals surface area contributed by atoms with Gasteiger partial charge in [0.05, 0.1) is 16.9 Å². The number of carboxylic acids is 1. The van der Waals surface area contributed by atoms with Crippen molar-refractivity contribution in [1.82, 2.24) is 0 Å². The molecule has 18 heavy (non-hydrogen) atoms. The Morgan fingerprint density at radius 2 is 1.61 bits per heavy atom. The summed E-state index contributed by atoms with van der Waals surface area (Å²) < 4.78 is 0. The highest BCUT2D eigenvalue weighted by Gasteiger charge is 2.02. The van der Waals surface area contributed by atoms with E-state index in [0.29, 0.717) is 11.4 Å². The molecule has 0 unspecified atom stereocenters. The number of carboxylic acid groups (broad SMARTS) is 1. The molecule has 0 aromatic heterocycles. The lowest BCUT2D eigenvalue weighted by atomic mass is 10.2. The maximum absolute atomic E-state index is 10.8. The quantitative estimate of drug-likeness (QED) is 0.808. The van der Waals surface area contributed by atoms with Crippen LogP contribution < -0.4 is 0 Å². The number of rotatable bonds is 3. The molecule has 0 spiro atoms. The smallest absolute Gasteiger partial charge is 0.335 e. The summed E-state index contributed by atoms with van der Waals surface area (Å²) in [4.78, 5) is 10.8. The van der Waals surface area contributed by atoms with Crippen LogP contribution in [0.15, 0.2) is 58.8 Å². The van der Waals surface area contributed by atoms with Crippen LogP contribution in [0.3, 0.4) is 0 Å². The number of carbonyl (C=O) groups is 1. The predicted octanol–water partition coefficient (Wildman–Crippen LogP) is 3.51. The maximum Gasteiger partial charge on any atom is 0.335 e. The van der Waals surface area contributed by atoms with Crippen LogP contribution in [0.5, 0.6) is 5.75 Å². The summed E-state index contributed by atoms with van der Waals surface area (Å²) in [5, 5.41) is 25.8. The number of azo groups is 1. The standard InChI is InChI=1S/C13H10N2O3/c16-12-6-4-10(5-7-12)14-15-11-3-1-2-9(8-11)13(17)18/h1-8,16H,(H,17,18)/b15-14+. The molecule has 2 N–H and O–H groups in total. The number of benzene rings is 2. The summed E-state index contributed by atoms with van der Waals surface area (Å²) in [5.41, 5.74) is 1.20. The van der Waals surface area contributed by atoms with Crippen molar-refractivity contribution in [2.75, 3.05) is 0 Å². The van der Waals surface area contributed by atoms with Gasteiger partial charge in [-0.3, -0.25) is 0 Å². The molecule has 0 saturated heterocycles. The number of nitrogens with zero attached hydrogens (tertiary/aromatic N) is 2. The van der Waals surface area contributed by atoms with Crippen molar-refractivity contribution in [3.8, 4) is 5.75 Å². The van der Waals surface area contributed by atoms with Crippen molar-refractivity contribution in [2.45, 2.75) is 0 Å². The van der Waals surface area contributed by atoms with E-state index in [1.54, 1.807) is 24.3 Å². The van der Waals surface area contributed by atoms with Gasteiger partial charge >= 0.3 is 5.97 Å². The molecule has 0 aliphatic carbocycles. The van der Waals surface area contributed by atoms with Crippen LogP contribution in [-0.4, -0.2) is 16.2 Å². The number of hydrogen-bond donors (Lipinski definition) is 2. The fourth-order valence-corrected chi connectivity index (χ4v) is 1.34. The zero-order valence-electron chi connectivity index (χ0n) is 9.32. The number of aromatic hydroxyl groups is 1. The molecule has 0 atom stereocenters. The first-order valence-electron chi connectivity index (χ1n) is 5.19. The molecule has 2 rings (SSSR count). The molecule has 5 heteroatoms. The largest absolute Gasteiger partial charge is 0.508 e. The Balaban J connectivity index is 2.20. The lowest BCUT2D eigenvalue weighted by Crippen LogP contribution is -1.94. The third-order valence-corrected chi connectivity index (χ3v) is 2.22. The van der Waals surface area contributed by atoms with Gasteiger partial charge in [0.15, 0.2) is 0 Å². The minimum Gasteiger partial charge on any atom is -0.508 e. The van der Waals surface area contributed by atoms with Crippen LogP contribution in [0.4, 0.5) is 11.4 Å². The molecule has 90 valence electrons. The summed E-state index contributed by atoms with van der Waals surface area (Å²) in [7, 11) is 0. The summed E-state index contributed by atoms with van der Waals surface area (Å²) in [5.74, 6) is -0.849. The van der Waals surface area contributed by atoms with E-state index in [0.717, 1.165) is 0 Å². The van der Waals surface area contributed by atoms with Crippen molar-refractivity contribution < 1.29 is 15.0 Å². The summed E-state index contributed by atoms with van der Waals surface area (Å²) in [6, 6.07) is 12.4. The topological polar surface area (TPSA) is 82.2 Å². The highest BCUT2D eigenvalue weighted by atomic mass is 16.4. The predicted molar refractivity (Wildman–Crippen MR) is 65.7 cm³/mol. The van der Waals surface area contributed by atoms with Gasteiger partial charge in [0.2, 0.25) is 0 Å². The minimum absolute atomic E-state index is 0.154. The second kappa shape index (κ2) is 5.09. The Hall–Kier alpha value is -2.69. The lowest BCUT2D eigenvalue weighted by Gasteiger charge is -1.96. The second-order valence-corrected chi connectivity index (χ2v) is 3.57. The first-order valence-corrected chi connectivity index (χ1v) is 5.19. The zero-order chi connectivity index (χ0) is 13.0. The number of aromatic carboxylic acids is 1. The highest BCUT2D eigenvalue weighted by molar-refractivity contribution is 5.88. The van der Waals surface area contributed by atoms with E-state index in [2.05, 4.69) is 10.2 Å². The first-order chi connectivity index (χ1) is 8.65. The van der Waals surface area contributed by atoms with Gasteiger partial charge in [-0.2, -0.15) is 10.2 Å². The molecule has 2 aromatic carbocycles. The van der Waals surface area contributed by atoms with Crippen molar-refractivity contribution >= 4 is 17.3 Å². The van der Waals surface area contributed by atoms with Crippen molar-refractivity contribution in [1.29, 1.82) is 0 Å². The zero-order valence-corrected chi connectivity index (χ0v) is 9.32. The van der Waals surface area contributed by atoms with E-state index < -0.39 is 5.97 Å². The van der Waals surface area contributed by atoms with Gasteiger partial charge in [-0.05, 0) is 42.5 Å². The van der Waals surface area contributed by atoms with E-state index in [-0.39, 0.29) is 11.3 Å². The Morgan fingerprint density at radius 1 is 0.944 bits per heavy atom. The molecule has 2 aromatic rings. The molecular weight excluding hydrogens is 232 g/mol. The Kier molecular flexibility index (Phi) is 3.33. The van der Waals surface area contributed by atoms with E-state index in [9.17, 15) is 4.79 Å². The SMILES string of the molecule is O=C(O)c1cccc(/N=N/c2ccc(O)cc2)c1. The van der Waals surface area contributed by atoms with E-state index in [1.807, 2.05) is 0 Å². The summed E-state index contributed by atoms with van der Waals surface area (Å²) in [6.45, 7) is 0. The van der Waals surface area contributed by atoms with Crippen LogP contribution in [0.2, 0.25) is 0 Å². The Morgan fingerprint density at radius 3 is 2.28 bits per heavy atom. The number of hydrogen-bond acceptors (Lipinski definition) is 4. The van der Waals surface area contributed by atoms with Gasteiger partial charge < -0.3 is 10.2 Å². The molecule has 0 aliphatic rings. The van der Waals surface area contributed by atoms with Crippen LogP contribution in [0.25, 0.3) is 0 Å². The molecule has 0 amide bonds. The normalized spacial score (nSPS) is 10.7. The Labute approximate surface area is 103 Å². The number of phenols is 1. The third kappa shape index (κ3) is 2.91. The molecule has 0 bridgehead atoms. The average molecular weight is 242 g/mol.